The summed E-state index contributed by atoms with van der Waals surface area (Å²) in [7, 11) is 1.69. The van der Waals surface area contributed by atoms with E-state index in [0.29, 0.717) is 6.54 Å². The van der Waals surface area contributed by atoms with E-state index in [-0.39, 0.29) is 16.5 Å². The number of carbonyl (C=O) groups is 1. The molecular weight excluding hydrogens is 272 g/mol. The van der Waals surface area contributed by atoms with Crippen molar-refractivity contribution in [1.29, 1.82) is 0 Å². The molecule has 0 radical (unpaired) electrons. The molecule has 3 N–H and O–H groups in total. The van der Waals surface area contributed by atoms with E-state index < -0.39 is 5.92 Å². The first-order valence-corrected chi connectivity index (χ1v) is 7.16. The fourth-order valence-corrected chi connectivity index (χ4v) is 2.71. The number of ether oxygens (including phenoxy) is 1. The monoisotopic (exact) mass is 292 g/mol. The molecule has 1 unspecified atom stereocenters. The summed E-state index contributed by atoms with van der Waals surface area (Å²) >= 11 is 5.04. The van der Waals surface area contributed by atoms with E-state index in [9.17, 15) is 4.79 Å². The minimum absolute atomic E-state index is 0.160. The van der Waals surface area contributed by atoms with Crippen molar-refractivity contribution in [3.63, 3.8) is 0 Å². The van der Waals surface area contributed by atoms with Crippen LogP contribution >= 0.6 is 12.2 Å². The summed E-state index contributed by atoms with van der Waals surface area (Å²) in [5.41, 5.74) is 6.34. The van der Waals surface area contributed by atoms with Crippen molar-refractivity contribution < 1.29 is 9.53 Å². The minimum Gasteiger partial charge on any atom is -0.392 e. The number of carbonyl (C=O) groups excluding carboxylic acids is 1. The predicted molar refractivity (Wildman–Crippen MR) is 82.6 cm³/mol. The van der Waals surface area contributed by atoms with Crippen LogP contribution in [0, 0.1) is 0 Å². The Balaban J connectivity index is 2.03. The van der Waals surface area contributed by atoms with Crippen molar-refractivity contribution in [2.24, 2.45) is 5.73 Å². The Labute approximate surface area is 124 Å². The Kier molecular flexibility index (Phi) is 4.73. The van der Waals surface area contributed by atoms with E-state index >= 15 is 0 Å². The maximum atomic E-state index is 12.4. The van der Waals surface area contributed by atoms with Gasteiger partial charge >= 0.3 is 0 Å². The average Bonchev–Trinajstić information content (AvgIpc) is 2.39. The fourth-order valence-electron chi connectivity index (χ4n) is 2.46. The number of hydrogen-bond acceptors (Lipinski definition) is 3. The largest absolute Gasteiger partial charge is 0.392 e. The first-order chi connectivity index (χ1) is 9.58. The molecule has 1 saturated carbocycles. The first-order valence-electron chi connectivity index (χ1n) is 6.75. The molecule has 1 aliphatic rings. The SMILES string of the molecule is COC1(CNC(=O)C(C(N)=S)c2ccccc2)CCC1. The maximum absolute atomic E-state index is 12.4. The van der Waals surface area contributed by atoms with Crippen LogP contribution in [-0.4, -0.2) is 30.2 Å². The Bertz CT molecular complexity index is 480. The molecule has 1 aliphatic carbocycles. The summed E-state index contributed by atoms with van der Waals surface area (Å²) in [6.07, 6.45) is 3.10. The molecule has 2 rings (SSSR count). The number of rotatable bonds is 6. The second kappa shape index (κ2) is 6.33. The van der Waals surface area contributed by atoms with Crippen molar-refractivity contribution in [3.05, 3.63) is 35.9 Å². The number of hydrogen-bond donors (Lipinski definition) is 2. The highest BCUT2D eigenvalue weighted by Crippen LogP contribution is 2.34. The van der Waals surface area contributed by atoms with Crippen LogP contribution in [0.3, 0.4) is 0 Å². The van der Waals surface area contributed by atoms with Crippen LogP contribution in [0.2, 0.25) is 0 Å². The van der Waals surface area contributed by atoms with Crippen molar-refractivity contribution in [2.75, 3.05) is 13.7 Å². The van der Waals surface area contributed by atoms with Crippen molar-refractivity contribution in [1.82, 2.24) is 5.32 Å². The number of amides is 1. The average molecular weight is 292 g/mol. The zero-order valence-corrected chi connectivity index (χ0v) is 12.4. The molecule has 108 valence electrons. The van der Waals surface area contributed by atoms with Crippen LogP contribution in [0.15, 0.2) is 30.3 Å². The molecule has 4 nitrogen and oxygen atoms in total. The van der Waals surface area contributed by atoms with E-state index in [2.05, 4.69) is 5.32 Å². The van der Waals surface area contributed by atoms with E-state index in [1.165, 1.54) is 0 Å². The molecule has 0 aromatic heterocycles. The molecule has 1 amide bonds. The molecule has 0 bridgehead atoms. The third-order valence-corrected chi connectivity index (χ3v) is 4.20. The van der Waals surface area contributed by atoms with Crippen molar-refractivity contribution >= 4 is 23.1 Å². The highest BCUT2D eigenvalue weighted by atomic mass is 32.1. The molecule has 1 atom stereocenters. The van der Waals surface area contributed by atoms with Gasteiger partial charge in [0.05, 0.1) is 10.6 Å². The molecule has 0 saturated heterocycles. The third kappa shape index (κ3) is 3.16. The van der Waals surface area contributed by atoms with Gasteiger partial charge in [-0.25, -0.2) is 0 Å². The van der Waals surface area contributed by atoms with Gasteiger partial charge in [0.15, 0.2) is 0 Å². The number of nitrogens with two attached hydrogens (primary N) is 1. The van der Waals surface area contributed by atoms with E-state index in [1.54, 1.807) is 7.11 Å². The van der Waals surface area contributed by atoms with Gasteiger partial charge in [0.1, 0.15) is 5.92 Å². The van der Waals surface area contributed by atoms with Crippen LogP contribution in [0.1, 0.15) is 30.7 Å². The van der Waals surface area contributed by atoms with Gasteiger partial charge in [-0.2, -0.15) is 0 Å². The minimum atomic E-state index is -0.583. The Hall–Kier alpha value is -1.46. The molecule has 20 heavy (non-hydrogen) atoms. The second-order valence-electron chi connectivity index (χ2n) is 5.20. The number of thiocarbonyl (C=S) groups is 1. The molecule has 5 heteroatoms. The zero-order chi connectivity index (χ0) is 14.6. The smallest absolute Gasteiger partial charge is 0.234 e. The molecule has 0 aliphatic heterocycles. The Morgan fingerprint density at radius 1 is 1.45 bits per heavy atom. The van der Waals surface area contributed by atoms with Crippen LogP contribution in [0.4, 0.5) is 0 Å². The Morgan fingerprint density at radius 3 is 2.55 bits per heavy atom. The summed E-state index contributed by atoms with van der Waals surface area (Å²) in [5.74, 6) is -0.743. The predicted octanol–water partition coefficient (Wildman–Crippen LogP) is 1.74. The van der Waals surface area contributed by atoms with Gasteiger partial charge in [0.2, 0.25) is 5.91 Å². The van der Waals surface area contributed by atoms with Crippen molar-refractivity contribution in [3.8, 4) is 0 Å². The van der Waals surface area contributed by atoms with Gasteiger partial charge < -0.3 is 15.8 Å². The number of benzene rings is 1. The molecule has 1 aromatic rings. The van der Waals surface area contributed by atoms with E-state index in [1.807, 2.05) is 30.3 Å². The summed E-state index contributed by atoms with van der Waals surface area (Å²) in [6.45, 7) is 0.508. The van der Waals surface area contributed by atoms with Crippen molar-refractivity contribution in [2.45, 2.75) is 30.8 Å². The van der Waals surface area contributed by atoms with Gasteiger partial charge in [0.25, 0.3) is 0 Å². The zero-order valence-electron chi connectivity index (χ0n) is 11.6. The maximum Gasteiger partial charge on any atom is 0.234 e. The van der Waals surface area contributed by atoms with Crippen LogP contribution in [0.25, 0.3) is 0 Å². The number of methoxy groups -OCH3 is 1. The van der Waals surface area contributed by atoms with Gasteiger partial charge in [-0.15, -0.1) is 0 Å². The lowest BCUT2D eigenvalue weighted by Gasteiger charge is -2.40. The second-order valence-corrected chi connectivity index (χ2v) is 5.68. The summed E-state index contributed by atoms with van der Waals surface area (Å²) in [5, 5.41) is 2.92. The highest BCUT2D eigenvalue weighted by molar-refractivity contribution is 7.80. The van der Waals surface area contributed by atoms with Crippen LogP contribution in [-0.2, 0) is 9.53 Å². The van der Waals surface area contributed by atoms with E-state index in [0.717, 1.165) is 24.8 Å². The summed E-state index contributed by atoms with van der Waals surface area (Å²) < 4.78 is 5.49. The lowest BCUT2D eigenvalue weighted by atomic mass is 9.80. The van der Waals surface area contributed by atoms with Gasteiger partial charge in [-0.1, -0.05) is 42.5 Å². The molecule has 1 fully saturated rings. The standard InChI is InChI=1S/C15H20N2O2S/c1-19-15(8-5-9-15)10-17-14(18)12(13(16)20)11-6-3-2-4-7-11/h2-4,6-7,12H,5,8-10H2,1H3,(H2,16,20)(H,17,18). The van der Waals surface area contributed by atoms with E-state index in [4.69, 9.17) is 22.7 Å². The molecule has 0 spiro atoms. The summed E-state index contributed by atoms with van der Waals surface area (Å²) in [4.78, 5) is 12.5. The van der Waals surface area contributed by atoms with Gasteiger partial charge in [-0.05, 0) is 24.8 Å². The molecule has 0 heterocycles. The fraction of sp³-hybridized carbons (Fsp3) is 0.467. The van der Waals surface area contributed by atoms with Gasteiger partial charge in [-0.3, -0.25) is 4.79 Å². The summed E-state index contributed by atoms with van der Waals surface area (Å²) in [6, 6.07) is 9.36. The third-order valence-electron chi connectivity index (χ3n) is 3.96. The lowest BCUT2D eigenvalue weighted by molar-refractivity contribution is -0.124. The first kappa shape index (κ1) is 14.9. The topological polar surface area (TPSA) is 64.3 Å². The van der Waals surface area contributed by atoms with Crippen LogP contribution in [0.5, 0.6) is 0 Å². The highest BCUT2D eigenvalue weighted by Gasteiger charge is 2.38. The van der Waals surface area contributed by atoms with Crippen LogP contribution < -0.4 is 11.1 Å². The number of nitrogens with one attached hydrogen (secondary N) is 1. The normalized spacial score (nSPS) is 17.9. The van der Waals surface area contributed by atoms with Gasteiger partial charge in [0, 0.05) is 13.7 Å². The molecule has 1 aromatic carbocycles. The quantitative estimate of drug-likeness (QED) is 0.784. The molecular formula is C15H20N2O2S. The lowest BCUT2D eigenvalue weighted by Crippen LogP contribution is -2.51. The Morgan fingerprint density at radius 2 is 2.10 bits per heavy atom.